The van der Waals surface area contributed by atoms with E-state index >= 15 is 0 Å². The fourth-order valence-electron chi connectivity index (χ4n) is 2.19. The highest BCUT2D eigenvalue weighted by atomic mass is 19.4. The Labute approximate surface area is 120 Å². The predicted octanol–water partition coefficient (Wildman–Crippen LogP) is 3.87. The second kappa shape index (κ2) is 5.99. The van der Waals surface area contributed by atoms with Crippen molar-refractivity contribution in [3.05, 3.63) is 60.2 Å². The van der Waals surface area contributed by atoms with E-state index in [4.69, 9.17) is 5.73 Å². The highest BCUT2D eigenvalue weighted by Crippen LogP contribution is 2.38. The van der Waals surface area contributed by atoms with E-state index in [0.717, 1.165) is 5.56 Å². The monoisotopic (exact) mass is 293 g/mol. The van der Waals surface area contributed by atoms with Gasteiger partial charge in [-0.15, -0.1) is 0 Å². The minimum Gasteiger partial charge on any atom is -0.370 e. The molecule has 2 nitrogen and oxygen atoms in total. The summed E-state index contributed by atoms with van der Waals surface area (Å²) in [5, 5.41) is 0. The molecule has 0 bridgehead atoms. The van der Waals surface area contributed by atoms with Gasteiger partial charge in [0, 0.05) is 6.42 Å². The van der Waals surface area contributed by atoms with Gasteiger partial charge in [-0.25, -0.2) is 0 Å². The maximum Gasteiger partial charge on any atom is 0.396 e. The van der Waals surface area contributed by atoms with E-state index in [1.807, 2.05) is 30.3 Å². The molecule has 0 fully saturated rings. The number of amides is 1. The van der Waals surface area contributed by atoms with Crippen LogP contribution in [0.2, 0.25) is 0 Å². The van der Waals surface area contributed by atoms with Gasteiger partial charge in [-0.2, -0.15) is 13.2 Å². The van der Waals surface area contributed by atoms with Crippen LogP contribution in [0.1, 0.15) is 17.9 Å². The molecule has 2 aromatic rings. The predicted molar refractivity (Wildman–Crippen MR) is 74.5 cm³/mol. The van der Waals surface area contributed by atoms with E-state index in [1.165, 1.54) is 12.1 Å². The lowest BCUT2D eigenvalue weighted by Crippen LogP contribution is -2.26. The average molecular weight is 293 g/mol. The highest BCUT2D eigenvalue weighted by molar-refractivity contribution is 5.75. The van der Waals surface area contributed by atoms with Gasteiger partial charge in [0.1, 0.15) is 0 Å². The second-order valence-corrected chi connectivity index (χ2v) is 4.76. The highest BCUT2D eigenvalue weighted by Gasteiger charge is 2.41. The summed E-state index contributed by atoms with van der Waals surface area (Å²) in [5.41, 5.74) is 6.47. The van der Waals surface area contributed by atoms with E-state index in [9.17, 15) is 18.0 Å². The standard InChI is InChI=1S/C16H14F3NO/c17-16(18,19)14(10-15(20)21)13-8-4-7-12(9-13)11-5-2-1-3-6-11/h1-9,14H,10H2,(H2,20,21). The van der Waals surface area contributed by atoms with Crippen LogP contribution in [0.5, 0.6) is 0 Å². The second-order valence-electron chi connectivity index (χ2n) is 4.76. The van der Waals surface area contributed by atoms with Crippen molar-refractivity contribution >= 4 is 5.91 Å². The Morgan fingerprint density at radius 1 is 1.00 bits per heavy atom. The zero-order valence-corrected chi connectivity index (χ0v) is 11.1. The number of hydrogen-bond acceptors (Lipinski definition) is 1. The topological polar surface area (TPSA) is 43.1 Å². The molecule has 2 aromatic carbocycles. The molecule has 1 amide bonds. The number of alkyl halides is 3. The molecule has 2 rings (SSSR count). The summed E-state index contributed by atoms with van der Waals surface area (Å²) in [6.45, 7) is 0. The van der Waals surface area contributed by atoms with Crippen LogP contribution in [0.25, 0.3) is 11.1 Å². The first kappa shape index (κ1) is 15.1. The number of carbonyl (C=O) groups excluding carboxylic acids is 1. The Kier molecular flexibility index (Phi) is 4.31. The normalized spacial score (nSPS) is 12.9. The van der Waals surface area contributed by atoms with Gasteiger partial charge in [0.15, 0.2) is 0 Å². The van der Waals surface area contributed by atoms with Gasteiger partial charge >= 0.3 is 6.18 Å². The van der Waals surface area contributed by atoms with Crippen LogP contribution in [0.15, 0.2) is 54.6 Å². The number of halogens is 3. The van der Waals surface area contributed by atoms with Crippen LogP contribution >= 0.6 is 0 Å². The Hall–Kier alpha value is -2.30. The Balaban J connectivity index is 2.41. The summed E-state index contributed by atoms with van der Waals surface area (Å²) in [6, 6.07) is 15.2. The van der Waals surface area contributed by atoms with Crippen molar-refractivity contribution in [2.24, 2.45) is 5.73 Å². The molecule has 2 N–H and O–H groups in total. The summed E-state index contributed by atoms with van der Waals surface area (Å²) in [6.07, 6.45) is -5.26. The summed E-state index contributed by atoms with van der Waals surface area (Å²) in [5.74, 6) is -2.85. The molecule has 1 atom stereocenters. The number of rotatable bonds is 4. The maximum atomic E-state index is 13.1. The van der Waals surface area contributed by atoms with E-state index in [1.54, 1.807) is 12.1 Å². The molecule has 0 aliphatic carbocycles. The van der Waals surface area contributed by atoms with Crippen molar-refractivity contribution < 1.29 is 18.0 Å². The largest absolute Gasteiger partial charge is 0.396 e. The summed E-state index contributed by atoms with van der Waals surface area (Å²) in [4.78, 5) is 10.9. The van der Waals surface area contributed by atoms with E-state index < -0.39 is 24.4 Å². The molecule has 5 heteroatoms. The van der Waals surface area contributed by atoms with Crippen LogP contribution < -0.4 is 5.73 Å². The van der Waals surface area contributed by atoms with Gasteiger partial charge in [0.25, 0.3) is 0 Å². The van der Waals surface area contributed by atoms with Gasteiger partial charge in [0.05, 0.1) is 5.92 Å². The van der Waals surface area contributed by atoms with Crippen molar-refractivity contribution in [1.82, 2.24) is 0 Å². The van der Waals surface area contributed by atoms with Gasteiger partial charge in [-0.1, -0.05) is 54.6 Å². The molecule has 110 valence electrons. The molecule has 1 unspecified atom stereocenters. The number of benzene rings is 2. The van der Waals surface area contributed by atoms with Crippen molar-refractivity contribution in [2.75, 3.05) is 0 Å². The van der Waals surface area contributed by atoms with Gasteiger partial charge in [0.2, 0.25) is 5.91 Å². The fraction of sp³-hybridized carbons (Fsp3) is 0.188. The molecule has 0 aromatic heterocycles. The van der Waals surface area contributed by atoms with Gasteiger partial charge in [-0.3, -0.25) is 4.79 Å². The van der Waals surface area contributed by atoms with Crippen LogP contribution in [0, 0.1) is 0 Å². The molecule has 0 saturated heterocycles. The molecule has 0 radical (unpaired) electrons. The third kappa shape index (κ3) is 3.84. The number of carbonyl (C=O) groups is 1. The quantitative estimate of drug-likeness (QED) is 0.913. The lowest BCUT2D eigenvalue weighted by molar-refractivity contribution is -0.156. The first-order valence-corrected chi connectivity index (χ1v) is 6.38. The molecule has 0 aliphatic rings. The Bertz CT molecular complexity index is 623. The Morgan fingerprint density at radius 2 is 1.62 bits per heavy atom. The minimum atomic E-state index is -4.51. The maximum absolute atomic E-state index is 13.1. The van der Waals surface area contributed by atoms with Crippen molar-refractivity contribution in [2.45, 2.75) is 18.5 Å². The lowest BCUT2D eigenvalue weighted by atomic mass is 9.92. The molecular weight excluding hydrogens is 279 g/mol. The van der Waals surface area contributed by atoms with Gasteiger partial charge < -0.3 is 5.73 Å². The van der Waals surface area contributed by atoms with Crippen molar-refractivity contribution in [1.29, 1.82) is 0 Å². The molecule has 0 aliphatic heterocycles. The molecule has 0 saturated carbocycles. The zero-order valence-electron chi connectivity index (χ0n) is 11.1. The van der Waals surface area contributed by atoms with Crippen molar-refractivity contribution in [3.8, 4) is 11.1 Å². The first-order chi connectivity index (χ1) is 9.88. The zero-order chi connectivity index (χ0) is 15.5. The van der Waals surface area contributed by atoms with Crippen LogP contribution in [-0.2, 0) is 4.79 Å². The lowest BCUT2D eigenvalue weighted by Gasteiger charge is -2.20. The number of nitrogens with two attached hydrogens (primary N) is 1. The number of primary amides is 1. The molecule has 21 heavy (non-hydrogen) atoms. The molecule has 0 heterocycles. The Morgan fingerprint density at radius 3 is 2.19 bits per heavy atom. The fourth-order valence-corrected chi connectivity index (χ4v) is 2.19. The van der Waals surface area contributed by atoms with Crippen molar-refractivity contribution in [3.63, 3.8) is 0 Å². The number of hydrogen-bond donors (Lipinski definition) is 1. The summed E-state index contributed by atoms with van der Waals surface area (Å²) in [7, 11) is 0. The third-order valence-corrected chi connectivity index (χ3v) is 3.20. The SMILES string of the molecule is NC(=O)CC(c1cccc(-c2ccccc2)c1)C(F)(F)F. The molecular formula is C16H14F3NO. The summed E-state index contributed by atoms with van der Waals surface area (Å²) < 4.78 is 39.3. The van der Waals surface area contributed by atoms with E-state index in [2.05, 4.69) is 0 Å². The smallest absolute Gasteiger partial charge is 0.370 e. The summed E-state index contributed by atoms with van der Waals surface area (Å²) >= 11 is 0. The minimum absolute atomic E-state index is 0.0441. The van der Waals surface area contributed by atoms with Crippen LogP contribution in [0.4, 0.5) is 13.2 Å². The van der Waals surface area contributed by atoms with Crippen LogP contribution in [0.3, 0.4) is 0 Å². The van der Waals surface area contributed by atoms with E-state index in [0.29, 0.717) is 5.56 Å². The van der Waals surface area contributed by atoms with E-state index in [-0.39, 0.29) is 5.56 Å². The van der Waals surface area contributed by atoms with Gasteiger partial charge in [-0.05, 0) is 16.7 Å². The van der Waals surface area contributed by atoms with Crippen LogP contribution in [-0.4, -0.2) is 12.1 Å². The molecule has 0 spiro atoms. The third-order valence-electron chi connectivity index (χ3n) is 3.20. The first-order valence-electron chi connectivity index (χ1n) is 6.38. The average Bonchev–Trinajstić information content (AvgIpc) is 2.44.